The average Bonchev–Trinajstić information content (AvgIpc) is 2.82. The molecule has 16 heavy (non-hydrogen) atoms. The Morgan fingerprint density at radius 3 is 3.12 bits per heavy atom. The van der Waals surface area contributed by atoms with Crippen molar-refractivity contribution in [2.24, 2.45) is 0 Å². The summed E-state index contributed by atoms with van der Waals surface area (Å²) in [5, 5.41) is 14.5. The van der Waals surface area contributed by atoms with Crippen LogP contribution in [-0.2, 0) is 6.54 Å². The molecule has 0 fully saturated rings. The molecule has 0 saturated heterocycles. The molecule has 0 aromatic carbocycles. The number of rotatable bonds is 5. The van der Waals surface area contributed by atoms with Crippen molar-refractivity contribution in [2.45, 2.75) is 32.9 Å². The number of thiazole rings is 1. The van der Waals surface area contributed by atoms with E-state index in [-0.39, 0.29) is 12.6 Å². The second-order valence-corrected chi connectivity index (χ2v) is 4.74. The van der Waals surface area contributed by atoms with Gasteiger partial charge in [-0.05, 0) is 13.3 Å². The van der Waals surface area contributed by atoms with E-state index in [9.17, 15) is 0 Å². The fraction of sp³-hybridized carbons (Fsp3) is 0.545. The number of aliphatic hydroxyl groups excluding tert-OH is 1. The highest BCUT2D eigenvalue weighted by atomic mass is 32.1. The molecule has 5 heteroatoms. The molecule has 0 aliphatic heterocycles. The molecule has 0 radical (unpaired) electrons. The Morgan fingerprint density at radius 2 is 2.44 bits per heavy atom. The predicted molar refractivity (Wildman–Crippen MR) is 65.8 cm³/mol. The lowest BCUT2D eigenvalue weighted by atomic mass is 10.2. The van der Waals surface area contributed by atoms with E-state index in [2.05, 4.69) is 21.6 Å². The molecule has 0 aliphatic carbocycles. The maximum absolute atomic E-state index is 9.11. The molecule has 2 rings (SSSR count). The SMILES string of the molecule is CCC(CO)NCc1c(C)nc2sccn12. The topological polar surface area (TPSA) is 49.6 Å². The third-order valence-corrected chi connectivity index (χ3v) is 3.59. The Hall–Kier alpha value is -0.910. The van der Waals surface area contributed by atoms with Gasteiger partial charge in [-0.25, -0.2) is 4.98 Å². The standard InChI is InChI=1S/C11H17N3OS/c1-3-9(7-15)12-6-10-8(2)13-11-14(10)4-5-16-11/h4-5,9,12,15H,3,6-7H2,1-2H3. The molecule has 88 valence electrons. The number of aliphatic hydroxyl groups is 1. The van der Waals surface area contributed by atoms with Gasteiger partial charge in [0.2, 0.25) is 0 Å². The number of hydrogen-bond donors (Lipinski definition) is 2. The van der Waals surface area contributed by atoms with Gasteiger partial charge in [-0.15, -0.1) is 11.3 Å². The average molecular weight is 239 g/mol. The van der Waals surface area contributed by atoms with Crippen LogP contribution in [0.2, 0.25) is 0 Å². The Morgan fingerprint density at radius 1 is 1.62 bits per heavy atom. The first-order valence-electron chi connectivity index (χ1n) is 5.51. The molecule has 1 unspecified atom stereocenters. The van der Waals surface area contributed by atoms with Crippen LogP contribution in [-0.4, -0.2) is 27.1 Å². The Balaban J connectivity index is 2.13. The van der Waals surface area contributed by atoms with Crippen LogP contribution in [0.15, 0.2) is 11.6 Å². The normalized spacial score (nSPS) is 13.4. The minimum atomic E-state index is 0.170. The summed E-state index contributed by atoms with van der Waals surface area (Å²) in [6, 6.07) is 0.170. The van der Waals surface area contributed by atoms with Gasteiger partial charge in [0.25, 0.3) is 0 Å². The summed E-state index contributed by atoms with van der Waals surface area (Å²) in [5.41, 5.74) is 2.25. The predicted octanol–water partition coefficient (Wildman–Crippen LogP) is 1.56. The molecule has 0 spiro atoms. The zero-order valence-electron chi connectivity index (χ0n) is 9.60. The summed E-state index contributed by atoms with van der Waals surface area (Å²) in [4.78, 5) is 5.52. The van der Waals surface area contributed by atoms with Crippen molar-refractivity contribution in [3.63, 3.8) is 0 Å². The molecule has 1 atom stereocenters. The van der Waals surface area contributed by atoms with Gasteiger partial charge in [-0.3, -0.25) is 4.40 Å². The van der Waals surface area contributed by atoms with Crippen LogP contribution in [0.1, 0.15) is 24.7 Å². The van der Waals surface area contributed by atoms with Gasteiger partial charge in [-0.2, -0.15) is 0 Å². The number of nitrogens with one attached hydrogen (secondary N) is 1. The van der Waals surface area contributed by atoms with Crippen molar-refractivity contribution in [3.8, 4) is 0 Å². The number of hydrogen-bond acceptors (Lipinski definition) is 4. The zero-order chi connectivity index (χ0) is 11.5. The number of imidazole rings is 1. The van der Waals surface area contributed by atoms with Gasteiger partial charge in [0.15, 0.2) is 4.96 Å². The van der Waals surface area contributed by atoms with E-state index in [0.717, 1.165) is 23.6 Å². The molecule has 0 aliphatic rings. The second kappa shape index (κ2) is 4.95. The highest BCUT2D eigenvalue weighted by molar-refractivity contribution is 7.15. The van der Waals surface area contributed by atoms with Crippen molar-refractivity contribution in [1.29, 1.82) is 0 Å². The summed E-state index contributed by atoms with van der Waals surface area (Å²) in [6.45, 7) is 5.03. The van der Waals surface area contributed by atoms with E-state index in [1.54, 1.807) is 11.3 Å². The molecule has 2 N–H and O–H groups in total. The van der Waals surface area contributed by atoms with Crippen molar-refractivity contribution >= 4 is 16.3 Å². The molecule has 0 bridgehead atoms. The zero-order valence-corrected chi connectivity index (χ0v) is 10.4. The number of fused-ring (bicyclic) bond motifs is 1. The van der Waals surface area contributed by atoms with Crippen LogP contribution in [0.5, 0.6) is 0 Å². The summed E-state index contributed by atoms with van der Waals surface area (Å²) >= 11 is 1.64. The Bertz CT molecular complexity index is 459. The van der Waals surface area contributed by atoms with Crippen molar-refractivity contribution in [3.05, 3.63) is 23.0 Å². The number of nitrogens with zero attached hydrogens (tertiary/aromatic N) is 2. The smallest absolute Gasteiger partial charge is 0.194 e. The van der Waals surface area contributed by atoms with Crippen molar-refractivity contribution in [2.75, 3.05) is 6.61 Å². The largest absolute Gasteiger partial charge is 0.395 e. The lowest BCUT2D eigenvalue weighted by molar-refractivity contribution is 0.238. The fourth-order valence-electron chi connectivity index (χ4n) is 1.73. The van der Waals surface area contributed by atoms with Gasteiger partial charge in [0.05, 0.1) is 18.0 Å². The van der Waals surface area contributed by atoms with Gasteiger partial charge in [-0.1, -0.05) is 6.92 Å². The van der Waals surface area contributed by atoms with Crippen molar-refractivity contribution in [1.82, 2.24) is 14.7 Å². The third kappa shape index (κ3) is 2.11. The maximum Gasteiger partial charge on any atom is 0.194 e. The molecule has 2 aromatic heterocycles. The highest BCUT2D eigenvalue weighted by Gasteiger charge is 2.11. The Labute approximate surface area is 98.9 Å². The van der Waals surface area contributed by atoms with Gasteiger partial charge >= 0.3 is 0 Å². The first kappa shape index (κ1) is 11.6. The van der Waals surface area contributed by atoms with Gasteiger partial charge < -0.3 is 10.4 Å². The minimum absolute atomic E-state index is 0.170. The lowest BCUT2D eigenvalue weighted by Gasteiger charge is -2.13. The molecular formula is C11H17N3OS. The van der Waals surface area contributed by atoms with Crippen LogP contribution < -0.4 is 5.32 Å². The lowest BCUT2D eigenvalue weighted by Crippen LogP contribution is -2.31. The van der Waals surface area contributed by atoms with E-state index < -0.39 is 0 Å². The van der Waals surface area contributed by atoms with Crippen LogP contribution in [0.4, 0.5) is 0 Å². The summed E-state index contributed by atoms with van der Waals surface area (Å²) < 4.78 is 2.11. The molecule has 4 nitrogen and oxygen atoms in total. The second-order valence-electron chi connectivity index (χ2n) is 3.87. The highest BCUT2D eigenvalue weighted by Crippen LogP contribution is 2.16. The van der Waals surface area contributed by atoms with Gasteiger partial charge in [0, 0.05) is 24.2 Å². The molecule has 2 aromatic rings. The van der Waals surface area contributed by atoms with E-state index in [0.29, 0.717) is 0 Å². The maximum atomic E-state index is 9.11. The summed E-state index contributed by atoms with van der Waals surface area (Å²) in [5.74, 6) is 0. The van der Waals surface area contributed by atoms with Gasteiger partial charge in [0.1, 0.15) is 0 Å². The van der Waals surface area contributed by atoms with Crippen LogP contribution in [0.25, 0.3) is 4.96 Å². The summed E-state index contributed by atoms with van der Waals surface area (Å²) in [6.07, 6.45) is 2.97. The van der Waals surface area contributed by atoms with E-state index >= 15 is 0 Å². The Kier molecular flexibility index (Phi) is 3.58. The van der Waals surface area contributed by atoms with E-state index in [4.69, 9.17) is 5.11 Å². The van der Waals surface area contributed by atoms with Crippen LogP contribution >= 0.6 is 11.3 Å². The monoisotopic (exact) mass is 239 g/mol. The first-order chi connectivity index (χ1) is 7.76. The summed E-state index contributed by atoms with van der Waals surface area (Å²) in [7, 11) is 0. The fourth-order valence-corrected chi connectivity index (χ4v) is 2.51. The first-order valence-corrected chi connectivity index (χ1v) is 6.39. The molecule has 0 amide bonds. The minimum Gasteiger partial charge on any atom is -0.395 e. The van der Waals surface area contributed by atoms with E-state index in [1.807, 2.05) is 18.5 Å². The van der Waals surface area contributed by atoms with Crippen LogP contribution in [0.3, 0.4) is 0 Å². The quantitative estimate of drug-likeness (QED) is 0.832. The van der Waals surface area contributed by atoms with Crippen molar-refractivity contribution < 1.29 is 5.11 Å². The molecular weight excluding hydrogens is 222 g/mol. The van der Waals surface area contributed by atoms with Crippen LogP contribution in [0, 0.1) is 6.92 Å². The number of aryl methyl sites for hydroxylation is 1. The molecule has 2 heterocycles. The number of aromatic nitrogens is 2. The van der Waals surface area contributed by atoms with E-state index in [1.165, 1.54) is 5.69 Å². The third-order valence-electron chi connectivity index (χ3n) is 2.83. The molecule has 0 saturated carbocycles.